The maximum atomic E-state index is 15.5. The molecule has 1 aliphatic rings. The fourth-order valence-electron chi connectivity index (χ4n) is 4.97. The third-order valence-electron chi connectivity index (χ3n) is 7.26. The smallest absolute Gasteiger partial charge is 0.246 e. The minimum atomic E-state index is -1.76. The molecule has 43 heavy (non-hydrogen) atoms. The van der Waals surface area contributed by atoms with E-state index in [0.29, 0.717) is 37.3 Å². The number of likely N-dealkylation sites (N-methyl/N-ethyl adjacent to an activating group) is 1. The van der Waals surface area contributed by atoms with Gasteiger partial charge in [0.1, 0.15) is 23.7 Å². The molecule has 2 aromatic carbocycles. The number of rotatable bonds is 9. The van der Waals surface area contributed by atoms with Crippen LogP contribution in [0.25, 0.3) is 0 Å². The second-order valence-corrected chi connectivity index (χ2v) is 10.4. The number of amides is 1. The minimum absolute atomic E-state index is 0.0226. The fourth-order valence-corrected chi connectivity index (χ4v) is 4.97. The van der Waals surface area contributed by atoms with E-state index >= 15 is 4.39 Å². The molecule has 2 N–H and O–H groups in total. The molecule has 1 aromatic heterocycles. The first-order valence-corrected chi connectivity index (χ1v) is 13.4. The zero-order valence-corrected chi connectivity index (χ0v) is 24.0. The summed E-state index contributed by atoms with van der Waals surface area (Å²) in [4.78, 5) is 29.2. The summed E-state index contributed by atoms with van der Waals surface area (Å²) < 4.78 is 75.8. The summed E-state index contributed by atoms with van der Waals surface area (Å²) in [7, 11) is 5.25. The van der Waals surface area contributed by atoms with Gasteiger partial charge in [-0.1, -0.05) is 13.0 Å². The van der Waals surface area contributed by atoms with Crippen LogP contribution in [0.5, 0.6) is 11.5 Å². The first-order chi connectivity index (χ1) is 20.4. The van der Waals surface area contributed by atoms with Crippen molar-refractivity contribution >= 4 is 17.4 Å². The van der Waals surface area contributed by atoms with Crippen LogP contribution in [-0.2, 0) is 4.79 Å². The van der Waals surface area contributed by atoms with Crippen LogP contribution in [0.1, 0.15) is 36.1 Å². The number of likely N-dealkylation sites (tertiary alicyclic amines) is 1. The van der Waals surface area contributed by atoms with Gasteiger partial charge < -0.3 is 20.3 Å². The van der Waals surface area contributed by atoms with Crippen molar-refractivity contribution in [3.05, 3.63) is 88.7 Å². The van der Waals surface area contributed by atoms with Gasteiger partial charge >= 0.3 is 0 Å². The van der Waals surface area contributed by atoms with E-state index in [-0.39, 0.29) is 40.9 Å². The number of nitrogens with two attached hydrogens (primary N) is 1. The van der Waals surface area contributed by atoms with Gasteiger partial charge in [-0.15, -0.1) is 0 Å². The summed E-state index contributed by atoms with van der Waals surface area (Å²) >= 11 is 0. The summed E-state index contributed by atoms with van der Waals surface area (Å²) in [5, 5.41) is 0. The van der Waals surface area contributed by atoms with Crippen molar-refractivity contribution in [3.8, 4) is 11.5 Å². The van der Waals surface area contributed by atoms with Gasteiger partial charge in [0, 0.05) is 56.4 Å². The Balaban J connectivity index is 1.60. The number of carbonyl (C=O) groups is 1. The van der Waals surface area contributed by atoms with Gasteiger partial charge in [-0.2, -0.15) is 8.78 Å². The second kappa shape index (κ2) is 13.3. The van der Waals surface area contributed by atoms with E-state index < -0.39 is 40.6 Å². The Kier molecular flexibility index (Phi) is 9.74. The number of aliphatic imine (C=N–C) groups is 1. The SMILES string of the molecule is CN=C(c1ccc(Oc2c(F)c(F)cc(F)c2F)cc1F)c1c(N)ncnc1C(C)C1CCN(C(=O)/C=C/CN(C)C)C1. The van der Waals surface area contributed by atoms with Gasteiger partial charge in [-0.05, 0) is 38.6 Å². The van der Waals surface area contributed by atoms with Crippen molar-refractivity contribution in [2.75, 3.05) is 46.5 Å². The molecule has 1 fully saturated rings. The van der Waals surface area contributed by atoms with Crippen molar-refractivity contribution in [1.29, 1.82) is 0 Å². The third-order valence-corrected chi connectivity index (χ3v) is 7.26. The largest absolute Gasteiger partial charge is 0.451 e. The molecule has 1 aliphatic heterocycles. The topological polar surface area (TPSA) is 96.9 Å². The molecule has 1 saturated heterocycles. The average Bonchev–Trinajstić information content (AvgIpc) is 3.46. The van der Waals surface area contributed by atoms with Crippen LogP contribution in [0.15, 0.2) is 47.7 Å². The summed E-state index contributed by atoms with van der Waals surface area (Å²) in [6, 6.07) is 3.24. The molecule has 3 aromatic rings. The molecular weight excluding hydrogens is 571 g/mol. The molecule has 0 bridgehead atoms. The van der Waals surface area contributed by atoms with Gasteiger partial charge in [0.05, 0.1) is 17.0 Å². The predicted molar refractivity (Wildman–Crippen MR) is 152 cm³/mol. The normalized spacial score (nSPS) is 16.4. The van der Waals surface area contributed by atoms with Crippen molar-refractivity contribution in [2.45, 2.75) is 19.3 Å². The van der Waals surface area contributed by atoms with Gasteiger partial charge in [-0.3, -0.25) is 9.79 Å². The van der Waals surface area contributed by atoms with Gasteiger partial charge in [0.2, 0.25) is 23.3 Å². The summed E-state index contributed by atoms with van der Waals surface area (Å²) in [6.07, 6.45) is 5.38. The Morgan fingerprint density at radius 1 is 1.14 bits per heavy atom. The Morgan fingerprint density at radius 2 is 1.84 bits per heavy atom. The lowest BCUT2D eigenvalue weighted by atomic mass is 9.86. The molecule has 8 nitrogen and oxygen atoms in total. The number of aromatic nitrogens is 2. The number of anilines is 1. The Hall–Kier alpha value is -4.39. The number of nitrogens with zero attached hydrogens (tertiary/aromatic N) is 5. The molecule has 0 spiro atoms. The highest BCUT2D eigenvalue weighted by Gasteiger charge is 2.33. The predicted octanol–water partition coefficient (Wildman–Crippen LogP) is 5.08. The van der Waals surface area contributed by atoms with Crippen molar-refractivity contribution in [3.63, 3.8) is 0 Å². The summed E-state index contributed by atoms with van der Waals surface area (Å²) in [5.74, 6) is -9.76. The lowest BCUT2D eigenvalue weighted by Gasteiger charge is -2.23. The van der Waals surface area contributed by atoms with Crippen LogP contribution in [-0.4, -0.2) is 72.2 Å². The van der Waals surface area contributed by atoms with E-state index in [1.165, 1.54) is 25.5 Å². The van der Waals surface area contributed by atoms with E-state index in [2.05, 4.69) is 15.0 Å². The van der Waals surface area contributed by atoms with E-state index in [1.54, 1.807) is 17.1 Å². The molecule has 0 saturated carbocycles. The number of nitrogen functional groups attached to an aromatic ring is 1. The standard InChI is InChI=1S/C30H31F5N6O2/c1-16(17-9-11-41(14-17)23(42)6-5-10-40(3)4)27-24(30(36)39-15-38-27)28(37-2)19-8-7-18(12-20(19)31)43-29-25(34)21(32)13-22(33)26(29)35/h5-8,12-13,15-17H,9-11,14H2,1-4H3,(H2,36,38,39)/b6-5+,37-28?. The monoisotopic (exact) mass is 602 g/mol. The number of hydrogen-bond acceptors (Lipinski definition) is 7. The maximum Gasteiger partial charge on any atom is 0.246 e. The zero-order chi connectivity index (χ0) is 31.4. The van der Waals surface area contributed by atoms with Crippen LogP contribution in [0.2, 0.25) is 0 Å². The molecule has 0 aliphatic carbocycles. The van der Waals surface area contributed by atoms with Crippen LogP contribution < -0.4 is 10.5 Å². The van der Waals surface area contributed by atoms with Crippen molar-refractivity contribution in [1.82, 2.24) is 19.8 Å². The van der Waals surface area contributed by atoms with E-state index in [0.717, 1.165) is 6.07 Å². The molecule has 2 atom stereocenters. The van der Waals surface area contributed by atoms with Gasteiger partial charge in [-0.25, -0.2) is 23.1 Å². The number of benzene rings is 2. The minimum Gasteiger partial charge on any atom is -0.451 e. The summed E-state index contributed by atoms with van der Waals surface area (Å²) in [5.41, 5.74) is 7.12. The van der Waals surface area contributed by atoms with E-state index in [9.17, 15) is 22.4 Å². The Bertz CT molecular complexity index is 1550. The molecule has 0 radical (unpaired) electrons. The first-order valence-electron chi connectivity index (χ1n) is 13.4. The number of halogens is 5. The highest BCUT2D eigenvalue weighted by Crippen LogP contribution is 2.36. The van der Waals surface area contributed by atoms with E-state index in [4.69, 9.17) is 10.5 Å². The summed E-state index contributed by atoms with van der Waals surface area (Å²) in [6.45, 7) is 3.64. The van der Waals surface area contributed by atoms with Crippen LogP contribution >= 0.6 is 0 Å². The van der Waals surface area contributed by atoms with Crippen LogP contribution in [0.4, 0.5) is 27.8 Å². The fraction of sp³-hybridized carbons (Fsp3) is 0.333. The highest BCUT2D eigenvalue weighted by molar-refractivity contribution is 6.16. The molecule has 13 heteroatoms. The highest BCUT2D eigenvalue weighted by atomic mass is 19.2. The number of carbonyl (C=O) groups excluding carboxylic acids is 1. The van der Waals surface area contributed by atoms with Crippen molar-refractivity contribution < 1.29 is 31.5 Å². The second-order valence-electron chi connectivity index (χ2n) is 10.4. The van der Waals surface area contributed by atoms with Crippen LogP contribution in [0, 0.1) is 35.0 Å². The number of ether oxygens (including phenoxy) is 1. The number of hydrogen-bond donors (Lipinski definition) is 1. The Morgan fingerprint density at radius 3 is 2.47 bits per heavy atom. The molecule has 2 unspecified atom stereocenters. The lowest BCUT2D eigenvalue weighted by molar-refractivity contribution is -0.125. The quantitative estimate of drug-likeness (QED) is 0.159. The Labute approximate surface area is 245 Å². The molecule has 1 amide bonds. The van der Waals surface area contributed by atoms with Crippen LogP contribution in [0.3, 0.4) is 0 Å². The molecule has 2 heterocycles. The first kappa shape index (κ1) is 31.5. The van der Waals surface area contributed by atoms with Gasteiger partial charge in [0.15, 0.2) is 11.6 Å². The zero-order valence-electron chi connectivity index (χ0n) is 24.0. The van der Waals surface area contributed by atoms with Crippen molar-refractivity contribution in [2.24, 2.45) is 10.9 Å². The van der Waals surface area contributed by atoms with Gasteiger partial charge in [0.25, 0.3) is 0 Å². The molecule has 228 valence electrons. The molecular formula is C30H31F5N6O2. The van der Waals surface area contributed by atoms with E-state index in [1.807, 2.05) is 25.9 Å². The lowest BCUT2D eigenvalue weighted by Crippen LogP contribution is -2.28. The average molecular weight is 603 g/mol. The maximum absolute atomic E-state index is 15.5. The molecule has 4 rings (SSSR count). The third kappa shape index (κ3) is 6.82.